The van der Waals surface area contributed by atoms with Gasteiger partial charge in [0, 0.05) is 0 Å². The molecule has 0 radical (unpaired) electrons. The molecule has 1 N–H and O–H groups in total. The molecule has 4 fully saturated rings. The summed E-state index contributed by atoms with van der Waals surface area (Å²) >= 11 is 0. The maximum absolute atomic E-state index is 11.0. The Labute approximate surface area is 175 Å². The monoisotopic (exact) mass is 388 g/mol. The van der Waals surface area contributed by atoms with Gasteiger partial charge in [0.1, 0.15) is 0 Å². The molecule has 9 atom stereocenters. The van der Waals surface area contributed by atoms with Crippen molar-refractivity contribution in [2.45, 2.75) is 118 Å². The second kappa shape index (κ2) is 7.90. The molecule has 0 spiro atoms. The maximum Gasteiger partial charge on any atom is 0.0568 e. The van der Waals surface area contributed by atoms with Crippen LogP contribution >= 0.6 is 0 Å². The van der Waals surface area contributed by atoms with Crippen molar-refractivity contribution in [3.05, 3.63) is 0 Å². The van der Waals surface area contributed by atoms with E-state index >= 15 is 0 Å². The van der Waals surface area contributed by atoms with Crippen LogP contribution in [0.25, 0.3) is 0 Å². The third kappa shape index (κ3) is 3.40. The maximum atomic E-state index is 11.0. The Morgan fingerprint density at radius 3 is 2.29 bits per heavy atom. The molecule has 0 aliphatic heterocycles. The third-order valence-electron chi connectivity index (χ3n) is 10.9. The lowest BCUT2D eigenvalue weighted by Gasteiger charge is -2.61. The molecule has 1 nitrogen and oxygen atoms in total. The van der Waals surface area contributed by atoms with Crippen LogP contribution in [-0.2, 0) is 0 Å². The number of fused-ring (bicyclic) bond motifs is 5. The first-order chi connectivity index (χ1) is 13.3. The predicted molar refractivity (Wildman–Crippen MR) is 119 cm³/mol. The van der Waals surface area contributed by atoms with Gasteiger partial charge >= 0.3 is 0 Å². The summed E-state index contributed by atoms with van der Waals surface area (Å²) in [7, 11) is 0. The number of hydrogen-bond acceptors (Lipinski definition) is 1. The molecule has 0 amide bonds. The van der Waals surface area contributed by atoms with Crippen molar-refractivity contribution in [2.75, 3.05) is 0 Å². The first-order valence-electron chi connectivity index (χ1n) is 13.0. The van der Waals surface area contributed by atoms with E-state index in [-0.39, 0.29) is 6.10 Å². The van der Waals surface area contributed by atoms with E-state index < -0.39 is 0 Å². The van der Waals surface area contributed by atoms with E-state index in [0.29, 0.717) is 22.7 Å². The van der Waals surface area contributed by atoms with Crippen LogP contribution in [0.1, 0.15) is 112 Å². The van der Waals surface area contributed by atoms with Crippen molar-refractivity contribution in [1.29, 1.82) is 0 Å². The van der Waals surface area contributed by atoms with E-state index in [0.717, 1.165) is 36.0 Å². The summed E-state index contributed by atoms with van der Waals surface area (Å²) in [5, 5.41) is 11.0. The molecule has 0 heterocycles. The number of hydrogen-bond donors (Lipinski definition) is 1. The molecule has 0 aromatic heterocycles. The Hall–Kier alpha value is -0.0400. The predicted octanol–water partition coefficient (Wildman–Crippen LogP) is 7.47. The summed E-state index contributed by atoms with van der Waals surface area (Å²) in [6, 6.07) is 0. The lowest BCUT2D eigenvalue weighted by atomic mass is 9.44. The van der Waals surface area contributed by atoms with Crippen molar-refractivity contribution < 1.29 is 5.11 Å². The molecular formula is C27H48O. The second-order valence-electron chi connectivity index (χ2n) is 12.5. The van der Waals surface area contributed by atoms with Crippen molar-refractivity contribution in [3.63, 3.8) is 0 Å². The van der Waals surface area contributed by atoms with E-state index in [9.17, 15) is 5.11 Å². The van der Waals surface area contributed by atoms with Gasteiger partial charge in [-0.15, -0.1) is 0 Å². The van der Waals surface area contributed by atoms with Crippen LogP contribution < -0.4 is 0 Å². The van der Waals surface area contributed by atoms with Gasteiger partial charge in [0.25, 0.3) is 0 Å². The summed E-state index contributed by atoms with van der Waals surface area (Å²) in [6.07, 6.45) is 16.9. The highest BCUT2D eigenvalue weighted by molar-refractivity contribution is 5.09. The Kier molecular flexibility index (Phi) is 5.98. The molecule has 0 saturated heterocycles. The van der Waals surface area contributed by atoms with Crippen LogP contribution in [0.3, 0.4) is 0 Å². The van der Waals surface area contributed by atoms with Gasteiger partial charge in [0.05, 0.1) is 6.10 Å². The van der Waals surface area contributed by atoms with Crippen LogP contribution in [0.15, 0.2) is 0 Å². The van der Waals surface area contributed by atoms with Crippen LogP contribution in [0.5, 0.6) is 0 Å². The smallest absolute Gasteiger partial charge is 0.0568 e. The molecule has 4 saturated carbocycles. The Bertz CT molecular complexity index is 540. The van der Waals surface area contributed by atoms with Gasteiger partial charge in [-0.2, -0.15) is 0 Å². The summed E-state index contributed by atoms with van der Waals surface area (Å²) in [4.78, 5) is 0. The summed E-state index contributed by atoms with van der Waals surface area (Å²) < 4.78 is 0. The highest BCUT2D eigenvalue weighted by Crippen LogP contribution is 2.68. The standard InChI is InChI=1S/C27H48O/c1-18(2)9-14-25(28)19(3)22-12-13-23-21-11-10-20-8-6-7-16-26(20,4)24(21)15-17-27(22,23)5/h18-25,28H,6-17H2,1-5H3/t19-,20?,21-,22+,23-,24-,25+,26-,27+/m0/s1. The molecule has 4 aliphatic rings. The average Bonchev–Trinajstić information content (AvgIpc) is 3.02. The van der Waals surface area contributed by atoms with Gasteiger partial charge in [-0.3, -0.25) is 0 Å². The molecule has 0 aromatic rings. The van der Waals surface area contributed by atoms with E-state index in [1.165, 1.54) is 70.6 Å². The zero-order valence-electron chi connectivity index (χ0n) is 19.6. The van der Waals surface area contributed by atoms with E-state index in [1.807, 2.05) is 0 Å². The largest absolute Gasteiger partial charge is 0.393 e. The van der Waals surface area contributed by atoms with E-state index in [1.54, 1.807) is 0 Å². The number of rotatable bonds is 5. The van der Waals surface area contributed by atoms with Gasteiger partial charge < -0.3 is 5.11 Å². The fourth-order valence-corrected chi connectivity index (χ4v) is 9.23. The zero-order valence-corrected chi connectivity index (χ0v) is 19.6. The van der Waals surface area contributed by atoms with Gasteiger partial charge in [-0.25, -0.2) is 0 Å². The SMILES string of the molecule is CC(C)CC[C@@H](O)[C@@H](C)[C@H]1CC[C@H]2[C@@H]3CCC4CCCC[C@]4(C)[C@H]3CC[C@]12C. The van der Waals surface area contributed by atoms with Crippen molar-refractivity contribution in [1.82, 2.24) is 0 Å². The van der Waals surface area contributed by atoms with Gasteiger partial charge in [0.15, 0.2) is 0 Å². The summed E-state index contributed by atoms with van der Waals surface area (Å²) in [6.45, 7) is 12.3. The van der Waals surface area contributed by atoms with E-state index in [4.69, 9.17) is 0 Å². The third-order valence-corrected chi connectivity index (χ3v) is 10.9. The fourth-order valence-electron chi connectivity index (χ4n) is 9.23. The summed E-state index contributed by atoms with van der Waals surface area (Å²) in [5.74, 6) is 5.89. The van der Waals surface area contributed by atoms with Crippen LogP contribution in [0, 0.1) is 52.3 Å². The lowest BCUT2D eigenvalue weighted by molar-refractivity contribution is -0.118. The normalized spacial score (nSPS) is 47.9. The minimum absolute atomic E-state index is 0.0905. The highest BCUT2D eigenvalue weighted by atomic mass is 16.3. The molecule has 28 heavy (non-hydrogen) atoms. The fraction of sp³-hybridized carbons (Fsp3) is 1.00. The Balaban J connectivity index is 1.49. The molecule has 1 heteroatoms. The summed E-state index contributed by atoms with van der Waals surface area (Å²) in [5.41, 5.74) is 1.15. The average molecular weight is 389 g/mol. The molecule has 0 bridgehead atoms. The number of aliphatic hydroxyl groups excluding tert-OH is 1. The van der Waals surface area contributed by atoms with Crippen molar-refractivity contribution in [2.24, 2.45) is 52.3 Å². The zero-order chi connectivity index (χ0) is 20.1. The second-order valence-corrected chi connectivity index (χ2v) is 12.5. The molecule has 4 aliphatic carbocycles. The first kappa shape index (κ1) is 21.2. The van der Waals surface area contributed by atoms with Crippen LogP contribution in [-0.4, -0.2) is 11.2 Å². The van der Waals surface area contributed by atoms with Gasteiger partial charge in [0.2, 0.25) is 0 Å². The van der Waals surface area contributed by atoms with E-state index in [2.05, 4.69) is 34.6 Å². The minimum atomic E-state index is -0.0905. The van der Waals surface area contributed by atoms with Crippen molar-refractivity contribution >= 4 is 0 Å². The van der Waals surface area contributed by atoms with Crippen LogP contribution in [0.4, 0.5) is 0 Å². The highest BCUT2D eigenvalue weighted by Gasteiger charge is 2.60. The lowest BCUT2D eigenvalue weighted by Crippen LogP contribution is -2.53. The molecule has 1 unspecified atom stereocenters. The topological polar surface area (TPSA) is 20.2 Å². The molecule has 4 rings (SSSR count). The van der Waals surface area contributed by atoms with Gasteiger partial charge in [-0.1, -0.05) is 47.5 Å². The van der Waals surface area contributed by atoms with Gasteiger partial charge in [-0.05, 0) is 116 Å². The minimum Gasteiger partial charge on any atom is -0.393 e. The quantitative estimate of drug-likeness (QED) is 0.518. The number of aliphatic hydroxyl groups is 1. The first-order valence-corrected chi connectivity index (χ1v) is 13.0. The Morgan fingerprint density at radius 2 is 1.54 bits per heavy atom. The Morgan fingerprint density at radius 1 is 0.786 bits per heavy atom. The molecular weight excluding hydrogens is 340 g/mol. The molecule has 0 aromatic carbocycles. The van der Waals surface area contributed by atoms with Crippen LogP contribution in [0.2, 0.25) is 0 Å². The van der Waals surface area contributed by atoms with Crippen molar-refractivity contribution in [3.8, 4) is 0 Å². The molecule has 162 valence electrons.